The van der Waals surface area contributed by atoms with Gasteiger partial charge in [-0.2, -0.15) is 4.98 Å². The van der Waals surface area contributed by atoms with Crippen LogP contribution in [-0.2, 0) is 9.53 Å². The molecule has 0 saturated carbocycles. The summed E-state index contributed by atoms with van der Waals surface area (Å²) in [6, 6.07) is 1.51. The van der Waals surface area contributed by atoms with Crippen LogP contribution < -0.4 is 15.4 Å². The van der Waals surface area contributed by atoms with Gasteiger partial charge in [0.2, 0.25) is 11.7 Å². The molecule has 0 radical (unpaired) electrons. The molecule has 1 aliphatic carbocycles. The van der Waals surface area contributed by atoms with Gasteiger partial charge < -0.3 is 20.1 Å². The summed E-state index contributed by atoms with van der Waals surface area (Å²) in [5.74, 6) is -0.412. The summed E-state index contributed by atoms with van der Waals surface area (Å²) in [6.45, 7) is 7.78. The third kappa shape index (κ3) is 7.68. The summed E-state index contributed by atoms with van der Waals surface area (Å²) in [7, 11) is 0. The van der Waals surface area contributed by atoms with Crippen molar-refractivity contribution in [3.63, 3.8) is 0 Å². The predicted molar refractivity (Wildman–Crippen MR) is 136 cm³/mol. The number of carbonyl (C=O) groups is 1. The number of hydrogen-bond acceptors (Lipinski definition) is 9. The van der Waals surface area contributed by atoms with Crippen molar-refractivity contribution in [2.45, 2.75) is 46.0 Å². The van der Waals surface area contributed by atoms with E-state index in [0.717, 1.165) is 38.9 Å². The minimum Gasteiger partial charge on any atom is -0.478 e. The Morgan fingerprint density at radius 1 is 1.34 bits per heavy atom. The minimum absolute atomic E-state index is 0.0745. The van der Waals surface area contributed by atoms with E-state index in [4.69, 9.17) is 15.2 Å². The fourth-order valence-corrected chi connectivity index (χ4v) is 4.49. The van der Waals surface area contributed by atoms with Crippen LogP contribution in [0.4, 0.5) is 17.2 Å². The van der Waals surface area contributed by atoms with Gasteiger partial charge in [-0.05, 0) is 57.2 Å². The zero-order valence-electron chi connectivity index (χ0n) is 20.8. The summed E-state index contributed by atoms with van der Waals surface area (Å²) in [4.78, 5) is 32.1. The zero-order valence-corrected chi connectivity index (χ0v) is 20.8. The molecule has 0 bridgehead atoms. The van der Waals surface area contributed by atoms with Gasteiger partial charge in [0.25, 0.3) is 0 Å². The number of unbranched alkanes of at least 4 members (excludes halogenated alkanes) is 1. The first-order valence-electron chi connectivity index (χ1n) is 12.5. The molecule has 10 heteroatoms. The van der Waals surface area contributed by atoms with Gasteiger partial charge in [-0.15, -0.1) is 0 Å². The maximum Gasteiger partial charge on any atom is 0.334 e. The van der Waals surface area contributed by atoms with E-state index in [2.05, 4.69) is 28.1 Å². The number of likely N-dealkylation sites (tertiary alicyclic amines) is 1. The Balaban J connectivity index is 1.89. The number of esters is 1. The topological polar surface area (TPSA) is 124 Å². The van der Waals surface area contributed by atoms with Crippen molar-refractivity contribution in [3.8, 4) is 5.88 Å². The number of nitrogen functional groups attached to an aromatic ring is 1. The van der Waals surface area contributed by atoms with Gasteiger partial charge in [-0.3, -0.25) is 19.8 Å². The molecule has 10 nitrogen and oxygen atoms in total. The van der Waals surface area contributed by atoms with E-state index >= 15 is 0 Å². The van der Waals surface area contributed by atoms with Crippen molar-refractivity contribution in [1.29, 1.82) is 0 Å². The van der Waals surface area contributed by atoms with Crippen molar-refractivity contribution in [2.24, 2.45) is 5.92 Å². The van der Waals surface area contributed by atoms with Gasteiger partial charge in [0.05, 0.1) is 18.1 Å². The number of hydrogen-bond donors (Lipinski definition) is 1. The number of carbonyl (C=O) groups excluding carboxylic acids is 1. The second-order valence-electron chi connectivity index (χ2n) is 8.98. The van der Waals surface area contributed by atoms with E-state index in [1.165, 1.54) is 24.5 Å². The van der Waals surface area contributed by atoms with E-state index in [1.54, 1.807) is 11.8 Å². The van der Waals surface area contributed by atoms with E-state index in [-0.39, 0.29) is 42.1 Å². The Kier molecular flexibility index (Phi) is 9.89. The van der Waals surface area contributed by atoms with Gasteiger partial charge in [0.15, 0.2) is 0 Å². The normalized spacial score (nSPS) is 17.8. The van der Waals surface area contributed by atoms with Crippen molar-refractivity contribution >= 4 is 23.2 Å². The Morgan fingerprint density at radius 2 is 2.11 bits per heavy atom. The molecule has 3 rings (SSSR count). The average molecular weight is 488 g/mol. The largest absolute Gasteiger partial charge is 0.478 e. The molecule has 1 aromatic rings. The summed E-state index contributed by atoms with van der Waals surface area (Å²) in [5, 5.41) is 11.9. The lowest BCUT2D eigenvalue weighted by atomic mass is 9.95. The van der Waals surface area contributed by atoms with Crippen LogP contribution in [0, 0.1) is 16.0 Å². The Labute approximate surface area is 206 Å². The van der Waals surface area contributed by atoms with Crippen molar-refractivity contribution in [2.75, 3.05) is 56.6 Å². The van der Waals surface area contributed by atoms with Crippen LogP contribution in [0.2, 0.25) is 0 Å². The molecule has 1 atom stereocenters. The molecule has 1 unspecified atom stereocenters. The number of nitrogens with two attached hydrogens (primary N) is 1. The van der Waals surface area contributed by atoms with Crippen LogP contribution in [0.1, 0.15) is 46.0 Å². The first-order chi connectivity index (χ1) is 16.9. The smallest absolute Gasteiger partial charge is 0.334 e. The minimum atomic E-state index is -0.555. The fraction of sp³-hybridized carbons (Fsp3) is 0.600. The number of nitrogens with zero attached hydrogens (tertiary/aromatic N) is 4. The molecule has 2 aliphatic rings. The average Bonchev–Trinajstić information content (AvgIpc) is 3.31. The Bertz CT molecular complexity index is 942. The molecule has 0 aromatic carbocycles. The molecule has 2 heterocycles. The van der Waals surface area contributed by atoms with E-state index < -0.39 is 10.9 Å². The number of anilines is 2. The lowest BCUT2D eigenvalue weighted by Gasteiger charge is -2.29. The summed E-state index contributed by atoms with van der Waals surface area (Å²) in [5.41, 5.74) is 7.11. The van der Waals surface area contributed by atoms with Gasteiger partial charge >= 0.3 is 11.7 Å². The second-order valence-corrected chi connectivity index (χ2v) is 8.98. The van der Waals surface area contributed by atoms with Gasteiger partial charge in [0.1, 0.15) is 12.2 Å². The highest BCUT2D eigenvalue weighted by Crippen LogP contribution is 2.37. The van der Waals surface area contributed by atoms with Crippen molar-refractivity contribution in [3.05, 3.63) is 40.0 Å². The lowest BCUT2D eigenvalue weighted by molar-refractivity contribution is -0.383. The number of ether oxygens (including phenoxy) is 2. The number of nitro groups is 1. The van der Waals surface area contributed by atoms with Crippen molar-refractivity contribution in [1.82, 2.24) is 9.88 Å². The molecular weight excluding hydrogens is 450 g/mol. The highest BCUT2D eigenvalue weighted by atomic mass is 16.6. The molecule has 1 saturated heterocycles. The summed E-state index contributed by atoms with van der Waals surface area (Å²) in [6.07, 6.45) is 11.5. The number of rotatable bonds is 13. The third-order valence-electron chi connectivity index (χ3n) is 6.15. The van der Waals surface area contributed by atoms with Gasteiger partial charge in [0, 0.05) is 19.2 Å². The van der Waals surface area contributed by atoms with Crippen LogP contribution in [0.3, 0.4) is 0 Å². The molecule has 2 N–H and O–H groups in total. The molecule has 0 amide bonds. The molecule has 1 fully saturated rings. The van der Waals surface area contributed by atoms with Crippen LogP contribution in [0.5, 0.6) is 5.88 Å². The highest BCUT2D eigenvalue weighted by Gasteiger charge is 2.29. The third-order valence-corrected chi connectivity index (χ3v) is 6.15. The maximum atomic E-state index is 12.5. The van der Waals surface area contributed by atoms with Crippen LogP contribution >= 0.6 is 0 Å². The maximum absolute atomic E-state index is 12.5. The van der Waals surface area contributed by atoms with Crippen LogP contribution in [0.25, 0.3) is 0 Å². The summed E-state index contributed by atoms with van der Waals surface area (Å²) >= 11 is 0. The van der Waals surface area contributed by atoms with Gasteiger partial charge in [-0.1, -0.05) is 31.6 Å². The molecule has 1 aromatic heterocycles. The molecule has 192 valence electrons. The lowest BCUT2D eigenvalue weighted by Crippen LogP contribution is -2.36. The second kappa shape index (κ2) is 13.1. The Hall–Kier alpha value is -3.14. The van der Waals surface area contributed by atoms with E-state index in [1.807, 2.05) is 6.92 Å². The summed E-state index contributed by atoms with van der Waals surface area (Å²) < 4.78 is 10.9. The predicted octanol–water partition coefficient (Wildman–Crippen LogP) is 3.72. The highest BCUT2D eigenvalue weighted by molar-refractivity contribution is 5.81. The molecule has 35 heavy (non-hydrogen) atoms. The quantitative estimate of drug-likeness (QED) is 0.192. The van der Waals surface area contributed by atoms with Crippen LogP contribution in [0.15, 0.2) is 29.9 Å². The first-order valence-corrected chi connectivity index (χ1v) is 12.5. The SMILES string of the molecule is CCCCOc1cc(N(CC(=O)OCC)CC2C=C(CN3CCCC3)C=CC2)c([N+](=O)[O-])c(N)n1. The standard InChI is InChI=1S/C25H37N5O5/c1-3-5-13-35-22-15-21(24(30(32)33)25(26)27-22)29(18-23(31)34-4-2)17-20-10-8-9-19(14-20)16-28-11-6-7-12-28/h8-9,14-15,20H,3-7,10-13,16-18H2,1-2H3,(H2,26,27). The molecule has 0 spiro atoms. The molecular formula is C25H37N5O5. The Morgan fingerprint density at radius 3 is 2.80 bits per heavy atom. The van der Waals surface area contributed by atoms with Crippen molar-refractivity contribution < 1.29 is 19.2 Å². The monoisotopic (exact) mass is 487 g/mol. The van der Waals surface area contributed by atoms with Gasteiger partial charge in [-0.25, -0.2) is 0 Å². The first kappa shape index (κ1) is 26.5. The van der Waals surface area contributed by atoms with Crippen LogP contribution in [-0.4, -0.2) is 66.7 Å². The van der Waals surface area contributed by atoms with E-state index in [9.17, 15) is 14.9 Å². The fourth-order valence-electron chi connectivity index (χ4n) is 4.49. The number of pyridine rings is 1. The number of aromatic nitrogens is 1. The van der Waals surface area contributed by atoms with E-state index in [0.29, 0.717) is 13.2 Å². The zero-order chi connectivity index (χ0) is 25.2. The number of allylic oxidation sites excluding steroid dienone is 1. The molecule has 1 aliphatic heterocycles.